The van der Waals surface area contributed by atoms with Gasteiger partial charge in [0.1, 0.15) is 12.4 Å². The second kappa shape index (κ2) is 6.78. The molecule has 3 N–H and O–H groups in total. The van der Waals surface area contributed by atoms with Gasteiger partial charge in [-0.3, -0.25) is 4.79 Å². The molecule has 1 aromatic heterocycles. The smallest absolute Gasteiger partial charge is 0.315 e. The molecular weight excluding hydrogens is 306 g/mol. The first-order valence-corrected chi connectivity index (χ1v) is 7.97. The van der Waals surface area contributed by atoms with Crippen LogP contribution >= 0.6 is 0 Å². The molecule has 0 saturated heterocycles. The number of carbonyl (C=O) groups excluding carboxylic acids is 1. The molecule has 6 nitrogen and oxygen atoms in total. The molecule has 0 unspecified atom stereocenters. The molecule has 0 aliphatic carbocycles. The average Bonchev–Trinajstić information content (AvgIpc) is 2.53. The van der Waals surface area contributed by atoms with Gasteiger partial charge in [0.2, 0.25) is 0 Å². The molecule has 126 valence electrons. The summed E-state index contributed by atoms with van der Waals surface area (Å²) in [5.41, 5.74) is 3.17. The molecule has 0 saturated carbocycles. The molecule has 0 radical (unpaired) electrons. The molecule has 2 heterocycles. The molecule has 1 atom stereocenters. The van der Waals surface area contributed by atoms with Crippen LogP contribution in [0, 0.1) is 13.8 Å². The van der Waals surface area contributed by atoms with Gasteiger partial charge in [0.05, 0.1) is 12.6 Å². The van der Waals surface area contributed by atoms with Gasteiger partial charge in [-0.25, -0.2) is 4.79 Å². The van der Waals surface area contributed by atoms with E-state index in [9.17, 15) is 9.59 Å². The molecule has 2 aromatic rings. The van der Waals surface area contributed by atoms with Crippen molar-refractivity contribution < 1.29 is 9.53 Å². The van der Waals surface area contributed by atoms with Crippen LogP contribution in [0.2, 0.25) is 0 Å². The number of fused-ring (bicyclic) bond motifs is 1. The Morgan fingerprint density at radius 2 is 2.12 bits per heavy atom. The molecule has 0 spiro atoms. The summed E-state index contributed by atoms with van der Waals surface area (Å²) in [6.45, 7) is 4.33. The third kappa shape index (κ3) is 3.59. The van der Waals surface area contributed by atoms with E-state index >= 15 is 0 Å². The summed E-state index contributed by atoms with van der Waals surface area (Å²) >= 11 is 0. The second-order valence-electron chi connectivity index (χ2n) is 6.09. The molecule has 1 aromatic carbocycles. The maximum absolute atomic E-state index is 12.1. The lowest BCUT2D eigenvalue weighted by Gasteiger charge is -2.26. The van der Waals surface area contributed by atoms with Crippen LogP contribution in [0.25, 0.3) is 0 Å². The summed E-state index contributed by atoms with van der Waals surface area (Å²) < 4.78 is 5.65. The number of amides is 2. The molecular formula is C18H21N3O3. The Kier molecular flexibility index (Phi) is 4.55. The van der Waals surface area contributed by atoms with Crippen LogP contribution in [-0.4, -0.2) is 23.7 Å². The van der Waals surface area contributed by atoms with Crippen LogP contribution in [0.1, 0.15) is 22.4 Å². The molecule has 1 aliphatic rings. The van der Waals surface area contributed by atoms with Crippen molar-refractivity contribution in [3.8, 4) is 5.75 Å². The van der Waals surface area contributed by atoms with Gasteiger partial charge in [-0.2, -0.15) is 0 Å². The minimum atomic E-state index is -0.303. The molecule has 0 fully saturated rings. The molecule has 6 heteroatoms. The number of rotatable bonds is 3. The Balaban J connectivity index is 1.57. The first-order chi connectivity index (χ1) is 11.5. The monoisotopic (exact) mass is 327 g/mol. The Labute approximate surface area is 140 Å². The highest BCUT2D eigenvalue weighted by Gasteiger charge is 2.21. The van der Waals surface area contributed by atoms with Crippen molar-refractivity contribution in [3.63, 3.8) is 0 Å². The minimum Gasteiger partial charge on any atom is -0.491 e. The standard InChI is InChI=1S/C18H21N3O3/c1-11-7-12(2)20-17(22)15(11)9-19-18(23)21-14-8-13-5-3-4-6-16(13)24-10-14/h3-7,14H,8-10H2,1-2H3,(H,20,22)(H2,19,21,23)/t14-/m0/s1. The van der Waals surface area contributed by atoms with Crippen molar-refractivity contribution in [3.05, 3.63) is 63.1 Å². The van der Waals surface area contributed by atoms with E-state index in [1.54, 1.807) is 0 Å². The number of benzene rings is 1. The van der Waals surface area contributed by atoms with Gasteiger partial charge in [-0.1, -0.05) is 18.2 Å². The van der Waals surface area contributed by atoms with Gasteiger partial charge in [-0.15, -0.1) is 0 Å². The molecule has 0 bridgehead atoms. The maximum atomic E-state index is 12.1. The number of nitrogens with one attached hydrogen (secondary N) is 3. The van der Waals surface area contributed by atoms with Crippen LogP contribution in [-0.2, 0) is 13.0 Å². The molecule has 24 heavy (non-hydrogen) atoms. The third-order valence-electron chi connectivity index (χ3n) is 4.13. The molecule has 3 rings (SSSR count). The van der Waals surface area contributed by atoms with Gasteiger partial charge >= 0.3 is 6.03 Å². The van der Waals surface area contributed by atoms with Gasteiger partial charge in [0, 0.05) is 11.3 Å². The summed E-state index contributed by atoms with van der Waals surface area (Å²) in [7, 11) is 0. The summed E-state index contributed by atoms with van der Waals surface area (Å²) in [5, 5.41) is 5.64. The van der Waals surface area contributed by atoms with Gasteiger partial charge in [-0.05, 0) is 43.5 Å². The highest BCUT2D eigenvalue weighted by molar-refractivity contribution is 5.74. The summed E-state index contributed by atoms with van der Waals surface area (Å²) in [5.74, 6) is 0.873. The Hall–Kier alpha value is -2.76. The zero-order valence-corrected chi connectivity index (χ0v) is 13.8. The summed E-state index contributed by atoms with van der Waals surface area (Å²) in [6.07, 6.45) is 0.730. The van der Waals surface area contributed by atoms with E-state index in [4.69, 9.17) is 4.74 Å². The Morgan fingerprint density at radius 3 is 2.92 bits per heavy atom. The summed E-state index contributed by atoms with van der Waals surface area (Å²) in [6, 6.07) is 9.31. The van der Waals surface area contributed by atoms with Gasteiger partial charge < -0.3 is 20.4 Å². The van der Waals surface area contributed by atoms with E-state index in [1.165, 1.54) is 0 Å². The van der Waals surface area contributed by atoms with E-state index in [0.29, 0.717) is 12.2 Å². The maximum Gasteiger partial charge on any atom is 0.315 e. The van der Waals surface area contributed by atoms with Crippen molar-refractivity contribution in [1.29, 1.82) is 0 Å². The van der Waals surface area contributed by atoms with Crippen LogP contribution in [0.4, 0.5) is 4.79 Å². The number of ether oxygens (including phenoxy) is 1. The Morgan fingerprint density at radius 1 is 1.33 bits per heavy atom. The van der Waals surface area contributed by atoms with Crippen LogP contribution < -0.4 is 20.9 Å². The van der Waals surface area contributed by atoms with Crippen LogP contribution in [0.3, 0.4) is 0 Å². The highest BCUT2D eigenvalue weighted by Crippen LogP contribution is 2.23. The minimum absolute atomic E-state index is 0.0858. The van der Waals surface area contributed by atoms with Crippen molar-refractivity contribution in [2.45, 2.75) is 32.9 Å². The van der Waals surface area contributed by atoms with E-state index < -0.39 is 0 Å². The van der Waals surface area contributed by atoms with Crippen molar-refractivity contribution in [1.82, 2.24) is 15.6 Å². The number of hydrogen-bond donors (Lipinski definition) is 3. The number of carbonyl (C=O) groups is 1. The normalized spacial score (nSPS) is 16.0. The van der Waals surface area contributed by atoms with Gasteiger partial charge in [0.25, 0.3) is 5.56 Å². The lowest BCUT2D eigenvalue weighted by molar-refractivity contribution is 0.214. The number of aromatic nitrogens is 1. The number of pyridine rings is 1. The lowest BCUT2D eigenvalue weighted by Crippen LogP contribution is -2.47. The number of hydrogen-bond acceptors (Lipinski definition) is 3. The van der Waals surface area contributed by atoms with Crippen molar-refractivity contribution in [2.24, 2.45) is 0 Å². The molecule has 1 aliphatic heterocycles. The van der Waals surface area contributed by atoms with Crippen molar-refractivity contribution >= 4 is 6.03 Å². The zero-order chi connectivity index (χ0) is 17.1. The Bertz CT molecular complexity index is 813. The first kappa shape index (κ1) is 16.1. The fourth-order valence-corrected chi connectivity index (χ4v) is 2.93. The van der Waals surface area contributed by atoms with E-state index in [1.807, 2.05) is 44.2 Å². The quantitative estimate of drug-likeness (QED) is 0.804. The highest BCUT2D eigenvalue weighted by atomic mass is 16.5. The first-order valence-electron chi connectivity index (χ1n) is 7.97. The lowest BCUT2D eigenvalue weighted by atomic mass is 10.0. The third-order valence-corrected chi connectivity index (χ3v) is 4.13. The average molecular weight is 327 g/mol. The van der Waals surface area contributed by atoms with Crippen molar-refractivity contribution in [2.75, 3.05) is 6.61 Å². The van der Waals surface area contributed by atoms with E-state index in [2.05, 4.69) is 15.6 Å². The summed E-state index contributed by atoms with van der Waals surface area (Å²) in [4.78, 5) is 26.8. The van der Waals surface area contributed by atoms with E-state index in [-0.39, 0.29) is 24.2 Å². The predicted molar refractivity (Wildman–Crippen MR) is 91.3 cm³/mol. The number of urea groups is 1. The SMILES string of the molecule is Cc1cc(C)c(CNC(=O)N[C@@H]2COc3ccccc3C2)c(=O)[nH]1. The second-order valence-corrected chi connectivity index (χ2v) is 6.09. The largest absolute Gasteiger partial charge is 0.491 e. The topological polar surface area (TPSA) is 83.2 Å². The molecule has 2 amide bonds. The van der Waals surface area contributed by atoms with E-state index in [0.717, 1.165) is 29.0 Å². The number of H-pyrrole nitrogens is 1. The number of para-hydroxylation sites is 1. The number of aromatic amines is 1. The van der Waals surface area contributed by atoms with Gasteiger partial charge in [0.15, 0.2) is 0 Å². The predicted octanol–water partition coefficient (Wildman–Crippen LogP) is 1.79. The fraction of sp³-hybridized carbons (Fsp3) is 0.333. The fourth-order valence-electron chi connectivity index (χ4n) is 2.93. The number of aryl methyl sites for hydroxylation is 2. The zero-order valence-electron chi connectivity index (χ0n) is 13.8. The van der Waals surface area contributed by atoms with Crippen LogP contribution in [0.5, 0.6) is 5.75 Å². The van der Waals surface area contributed by atoms with Crippen LogP contribution in [0.15, 0.2) is 35.1 Å².